The highest BCUT2D eigenvalue weighted by Gasteiger charge is 2.04. The van der Waals surface area contributed by atoms with Crippen LogP contribution in [0.4, 0.5) is 0 Å². The Morgan fingerprint density at radius 2 is 1.94 bits per heavy atom. The van der Waals surface area contributed by atoms with E-state index in [0.717, 1.165) is 12.1 Å². The van der Waals surface area contributed by atoms with Crippen LogP contribution in [0.15, 0.2) is 24.3 Å². The van der Waals surface area contributed by atoms with Crippen molar-refractivity contribution in [3.63, 3.8) is 0 Å². The molecular formula is C14H22N2O2. The number of benzene rings is 1. The Labute approximate surface area is 109 Å². The second-order valence-electron chi connectivity index (χ2n) is 4.43. The first kappa shape index (κ1) is 14.7. The van der Waals surface area contributed by atoms with Crippen molar-refractivity contribution in [2.75, 3.05) is 26.8 Å². The van der Waals surface area contributed by atoms with E-state index in [-0.39, 0.29) is 5.91 Å². The predicted molar refractivity (Wildman–Crippen MR) is 72.9 cm³/mol. The summed E-state index contributed by atoms with van der Waals surface area (Å²) in [6, 6.07) is 7.85. The van der Waals surface area contributed by atoms with Gasteiger partial charge in [-0.05, 0) is 26.0 Å². The molecular weight excluding hydrogens is 228 g/mol. The van der Waals surface area contributed by atoms with Crippen LogP contribution in [0.5, 0.6) is 0 Å². The normalized spacial score (nSPS) is 12.2. The summed E-state index contributed by atoms with van der Waals surface area (Å²) in [6.07, 6.45) is 0. The Balaban J connectivity index is 2.23. The van der Waals surface area contributed by atoms with Crippen LogP contribution in [-0.4, -0.2) is 38.8 Å². The zero-order chi connectivity index (χ0) is 13.4. The number of carbonyl (C=O) groups excluding carboxylic acids is 1. The minimum absolute atomic E-state index is 0.0313. The predicted octanol–water partition coefficient (Wildman–Crippen LogP) is 1.35. The lowest BCUT2D eigenvalue weighted by Gasteiger charge is -2.12. The second-order valence-corrected chi connectivity index (χ2v) is 4.43. The number of carbonyl (C=O) groups is 1. The second kappa shape index (κ2) is 7.84. The lowest BCUT2D eigenvalue weighted by atomic mass is 10.1. The van der Waals surface area contributed by atoms with Gasteiger partial charge in [0.15, 0.2) is 0 Å². The summed E-state index contributed by atoms with van der Waals surface area (Å²) in [6.45, 7) is 6.07. The van der Waals surface area contributed by atoms with Gasteiger partial charge in [0.05, 0.1) is 6.61 Å². The number of nitrogens with one attached hydrogen (secondary N) is 2. The highest BCUT2D eigenvalue weighted by atomic mass is 16.5. The molecule has 0 bridgehead atoms. The number of aryl methyl sites for hydroxylation is 1. The summed E-state index contributed by atoms with van der Waals surface area (Å²) in [4.78, 5) is 11.8. The fourth-order valence-corrected chi connectivity index (χ4v) is 1.61. The molecule has 0 aromatic heterocycles. The molecule has 4 heteroatoms. The van der Waals surface area contributed by atoms with Gasteiger partial charge in [0.1, 0.15) is 0 Å². The van der Waals surface area contributed by atoms with Crippen LogP contribution in [0, 0.1) is 6.92 Å². The molecule has 1 amide bonds. The van der Waals surface area contributed by atoms with E-state index in [1.807, 2.05) is 38.1 Å². The SMILES string of the molecule is COCC(C)NCCNC(=O)c1ccc(C)cc1. The quantitative estimate of drug-likeness (QED) is 0.718. The van der Waals surface area contributed by atoms with Gasteiger partial charge in [0.2, 0.25) is 0 Å². The molecule has 1 aromatic carbocycles. The Morgan fingerprint density at radius 3 is 2.56 bits per heavy atom. The topological polar surface area (TPSA) is 50.4 Å². The maximum Gasteiger partial charge on any atom is 0.251 e. The molecule has 0 saturated carbocycles. The Kier molecular flexibility index (Phi) is 6.39. The van der Waals surface area contributed by atoms with Gasteiger partial charge in [-0.15, -0.1) is 0 Å². The molecule has 0 aliphatic heterocycles. The first-order chi connectivity index (χ1) is 8.63. The van der Waals surface area contributed by atoms with E-state index in [4.69, 9.17) is 4.74 Å². The Hall–Kier alpha value is -1.39. The third-order valence-electron chi connectivity index (χ3n) is 2.63. The van der Waals surface area contributed by atoms with Gasteiger partial charge in [-0.3, -0.25) is 4.79 Å². The molecule has 2 N–H and O–H groups in total. The van der Waals surface area contributed by atoms with Gasteiger partial charge >= 0.3 is 0 Å². The average molecular weight is 250 g/mol. The zero-order valence-corrected chi connectivity index (χ0v) is 11.3. The van der Waals surface area contributed by atoms with Crippen LogP contribution < -0.4 is 10.6 Å². The zero-order valence-electron chi connectivity index (χ0n) is 11.3. The van der Waals surface area contributed by atoms with Gasteiger partial charge in [-0.1, -0.05) is 17.7 Å². The number of rotatable bonds is 7. The fraction of sp³-hybridized carbons (Fsp3) is 0.500. The highest BCUT2D eigenvalue weighted by Crippen LogP contribution is 2.02. The summed E-state index contributed by atoms with van der Waals surface area (Å²) in [7, 11) is 1.68. The standard InChI is InChI=1S/C14H22N2O2/c1-11-4-6-13(7-5-11)14(17)16-9-8-15-12(2)10-18-3/h4-7,12,15H,8-10H2,1-3H3,(H,16,17). The lowest BCUT2D eigenvalue weighted by Crippen LogP contribution is -2.37. The molecule has 0 aliphatic carbocycles. The van der Waals surface area contributed by atoms with Crippen LogP contribution in [0.25, 0.3) is 0 Å². The van der Waals surface area contributed by atoms with Crippen LogP contribution in [0.3, 0.4) is 0 Å². The molecule has 4 nitrogen and oxygen atoms in total. The molecule has 0 aliphatic rings. The average Bonchev–Trinajstić information content (AvgIpc) is 2.35. The van der Waals surface area contributed by atoms with Gasteiger partial charge in [-0.2, -0.15) is 0 Å². The van der Waals surface area contributed by atoms with Gasteiger partial charge < -0.3 is 15.4 Å². The summed E-state index contributed by atoms with van der Waals surface area (Å²) >= 11 is 0. The van der Waals surface area contributed by atoms with Gasteiger partial charge in [0.25, 0.3) is 5.91 Å². The Morgan fingerprint density at radius 1 is 1.28 bits per heavy atom. The van der Waals surface area contributed by atoms with Crippen LogP contribution in [0.1, 0.15) is 22.8 Å². The molecule has 100 valence electrons. The lowest BCUT2D eigenvalue weighted by molar-refractivity contribution is 0.0953. The molecule has 0 heterocycles. The van der Waals surface area contributed by atoms with E-state index in [9.17, 15) is 4.79 Å². The van der Waals surface area contributed by atoms with Crippen molar-refractivity contribution in [2.24, 2.45) is 0 Å². The van der Waals surface area contributed by atoms with Crippen molar-refractivity contribution in [3.05, 3.63) is 35.4 Å². The van der Waals surface area contributed by atoms with Crippen LogP contribution in [-0.2, 0) is 4.74 Å². The van der Waals surface area contributed by atoms with Crippen LogP contribution >= 0.6 is 0 Å². The van der Waals surface area contributed by atoms with Crippen molar-refractivity contribution >= 4 is 5.91 Å². The molecule has 1 atom stereocenters. The minimum Gasteiger partial charge on any atom is -0.383 e. The number of ether oxygens (including phenoxy) is 1. The van der Waals surface area contributed by atoms with Crippen molar-refractivity contribution in [1.82, 2.24) is 10.6 Å². The number of hydrogen-bond donors (Lipinski definition) is 2. The van der Waals surface area contributed by atoms with E-state index >= 15 is 0 Å². The smallest absolute Gasteiger partial charge is 0.251 e. The number of amides is 1. The molecule has 0 fully saturated rings. The van der Waals surface area contributed by atoms with Crippen molar-refractivity contribution < 1.29 is 9.53 Å². The molecule has 1 rings (SSSR count). The fourth-order valence-electron chi connectivity index (χ4n) is 1.61. The first-order valence-corrected chi connectivity index (χ1v) is 6.20. The van der Waals surface area contributed by atoms with E-state index in [0.29, 0.717) is 24.8 Å². The Bertz CT molecular complexity index is 363. The van der Waals surface area contributed by atoms with E-state index in [2.05, 4.69) is 10.6 Å². The van der Waals surface area contributed by atoms with E-state index in [1.54, 1.807) is 7.11 Å². The minimum atomic E-state index is -0.0313. The van der Waals surface area contributed by atoms with Gasteiger partial charge in [0, 0.05) is 31.8 Å². The maximum atomic E-state index is 11.8. The van der Waals surface area contributed by atoms with E-state index < -0.39 is 0 Å². The summed E-state index contributed by atoms with van der Waals surface area (Å²) in [5, 5.41) is 6.13. The molecule has 1 aromatic rings. The largest absolute Gasteiger partial charge is 0.383 e. The highest BCUT2D eigenvalue weighted by molar-refractivity contribution is 5.94. The monoisotopic (exact) mass is 250 g/mol. The molecule has 18 heavy (non-hydrogen) atoms. The molecule has 0 spiro atoms. The van der Waals surface area contributed by atoms with Gasteiger partial charge in [-0.25, -0.2) is 0 Å². The van der Waals surface area contributed by atoms with E-state index in [1.165, 1.54) is 0 Å². The molecule has 0 saturated heterocycles. The van der Waals surface area contributed by atoms with Crippen molar-refractivity contribution in [2.45, 2.75) is 19.9 Å². The number of hydrogen-bond acceptors (Lipinski definition) is 3. The summed E-state index contributed by atoms with van der Waals surface area (Å²) < 4.78 is 5.01. The molecule has 0 radical (unpaired) electrons. The molecule has 1 unspecified atom stereocenters. The van der Waals surface area contributed by atoms with Crippen molar-refractivity contribution in [1.29, 1.82) is 0 Å². The first-order valence-electron chi connectivity index (χ1n) is 6.20. The summed E-state index contributed by atoms with van der Waals surface area (Å²) in [5.41, 5.74) is 1.85. The maximum absolute atomic E-state index is 11.8. The van der Waals surface area contributed by atoms with Crippen molar-refractivity contribution in [3.8, 4) is 0 Å². The number of methoxy groups -OCH3 is 1. The third kappa shape index (κ3) is 5.29. The third-order valence-corrected chi connectivity index (χ3v) is 2.63. The summed E-state index contributed by atoms with van der Waals surface area (Å²) in [5.74, 6) is -0.0313. The van der Waals surface area contributed by atoms with Crippen LogP contribution in [0.2, 0.25) is 0 Å².